The summed E-state index contributed by atoms with van der Waals surface area (Å²) >= 11 is 0. The second-order valence-electron chi connectivity index (χ2n) is 4.13. The molecule has 0 aliphatic carbocycles. The van der Waals surface area contributed by atoms with Crippen LogP contribution in [0.2, 0.25) is 0 Å². The van der Waals surface area contributed by atoms with Crippen molar-refractivity contribution >= 4 is 11.7 Å². The van der Waals surface area contributed by atoms with Crippen LogP contribution in [0.1, 0.15) is 22.5 Å². The van der Waals surface area contributed by atoms with Crippen molar-refractivity contribution in [2.24, 2.45) is 0 Å². The Morgan fingerprint density at radius 1 is 1.29 bits per heavy atom. The molecule has 0 unspecified atom stereocenters. The lowest BCUT2D eigenvalue weighted by molar-refractivity contribution is 0.0983. The topological polar surface area (TPSA) is 49.0 Å². The fourth-order valence-electron chi connectivity index (χ4n) is 2.21. The smallest absolute Gasteiger partial charge is 0.276 e. The van der Waals surface area contributed by atoms with E-state index in [-0.39, 0.29) is 5.91 Å². The average molecular weight is 227 g/mol. The van der Waals surface area contributed by atoms with Crippen molar-refractivity contribution in [2.45, 2.75) is 12.8 Å². The molecule has 2 aromatic heterocycles. The van der Waals surface area contributed by atoms with Crippen molar-refractivity contribution in [3.8, 4) is 0 Å². The lowest BCUT2D eigenvalue weighted by atomic mass is 10.1. The summed E-state index contributed by atoms with van der Waals surface area (Å²) in [6.07, 6.45) is 5.44. The minimum absolute atomic E-state index is 0.0150. The van der Waals surface area contributed by atoms with Gasteiger partial charge in [-0.25, -0.2) is 4.98 Å². The van der Waals surface area contributed by atoms with Crippen LogP contribution in [0.25, 0.3) is 0 Å². The fraction of sp³-hybridized carbons (Fsp3) is 0.231. The maximum absolute atomic E-state index is 12.4. The first kappa shape index (κ1) is 10.1. The Labute approximate surface area is 99.3 Å². The largest absolute Gasteiger partial charge is 0.357 e. The molecule has 0 atom stereocenters. The van der Waals surface area contributed by atoms with Crippen LogP contribution in [-0.4, -0.2) is 22.4 Å². The van der Waals surface area contributed by atoms with Gasteiger partial charge in [-0.15, -0.1) is 0 Å². The van der Waals surface area contributed by atoms with Gasteiger partial charge in [-0.05, 0) is 36.6 Å². The molecular weight excluding hydrogens is 214 g/mol. The number of amides is 1. The molecule has 0 saturated heterocycles. The van der Waals surface area contributed by atoms with E-state index in [4.69, 9.17) is 0 Å². The third kappa shape index (κ3) is 1.71. The summed E-state index contributed by atoms with van der Waals surface area (Å²) in [6.45, 7) is 0.721. The molecule has 4 heteroatoms. The molecule has 0 bridgehead atoms. The first-order chi connectivity index (χ1) is 8.36. The van der Waals surface area contributed by atoms with Gasteiger partial charge in [0.15, 0.2) is 0 Å². The number of aromatic amines is 1. The molecular formula is C13H13N3O. The highest BCUT2D eigenvalue weighted by molar-refractivity contribution is 6.05. The van der Waals surface area contributed by atoms with E-state index in [1.807, 2.05) is 30.5 Å². The summed E-state index contributed by atoms with van der Waals surface area (Å²) in [7, 11) is 0. The quantitative estimate of drug-likeness (QED) is 0.810. The highest BCUT2D eigenvalue weighted by atomic mass is 16.2. The van der Waals surface area contributed by atoms with Crippen LogP contribution in [0.4, 0.5) is 5.82 Å². The number of carbonyl (C=O) groups is 1. The minimum Gasteiger partial charge on any atom is -0.357 e. The normalized spacial score (nSPS) is 15.5. The Morgan fingerprint density at radius 3 is 3.06 bits per heavy atom. The molecule has 1 N–H and O–H groups in total. The fourth-order valence-corrected chi connectivity index (χ4v) is 2.21. The number of aromatic nitrogens is 2. The number of hydrogen-bond donors (Lipinski definition) is 1. The van der Waals surface area contributed by atoms with Gasteiger partial charge in [-0.1, -0.05) is 6.07 Å². The molecule has 0 aromatic carbocycles. The molecule has 0 fully saturated rings. The molecule has 0 saturated carbocycles. The Balaban J connectivity index is 2.00. The van der Waals surface area contributed by atoms with E-state index in [0.29, 0.717) is 5.69 Å². The van der Waals surface area contributed by atoms with E-state index in [1.54, 1.807) is 11.1 Å². The van der Waals surface area contributed by atoms with Crippen molar-refractivity contribution < 1.29 is 4.79 Å². The second kappa shape index (κ2) is 4.05. The van der Waals surface area contributed by atoms with E-state index in [1.165, 1.54) is 0 Å². The van der Waals surface area contributed by atoms with Gasteiger partial charge in [0.2, 0.25) is 0 Å². The molecule has 2 aromatic rings. The summed E-state index contributed by atoms with van der Waals surface area (Å²) in [5.41, 5.74) is 1.81. The summed E-state index contributed by atoms with van der Waals surface area (Å²) in [5, 5.41) is 0. The van der Waals surface area contributed by atoms with E-state index >= 15 is 0 Å². The molecule has 4 nitrogen and oxygen atoms in total. The highest BCUT2D eigenvalue weighted by Gasteiger charge is 2.24. The average Bonchev–Trinajstić information content (AvgIpc) is 2.78. The van der Waals surface area contributed by atoms with Crippen molar-refractivity contribution in [3.05, 3.63) is 47.9 Å². The molecule has 1 amide bonds. The number of nitrogens with zero attached hydrogens (tertiary/aromatic N) is 2. The molecule has 1 aliphatic rings. The Hall–Kier alpha value is -2.10. The zero-order chi connectivity index (χ0) is 11.7. The van der Waals surface area contributed by atoms with Crippen LogP contribution in [0.3, 0.4) is 0 Å². The van der Waals surface area contributed by atoms with Gasteiger partial charge in [0.05, 0.1) is 0 Å². The van der Waals surface area contributed by atoms with Crippen LogP contribution in [-0.2, 0) is 6.42 Å². The van der Waals surface area contributed by atoms with Crippen molar-refractivity contribution in [3.63, 3.8) is 0 Å². The number of pyridine rings is 1. The third-order valence-corrected chi connectivity index (χ3v) is 3.05. The van der Waals surface area contributed by atoms with Crippen molar-refractivity contribution in [2.75, 3.05) is 11.4 Å². The Kier molecular flexibility index (Phi) is 2.40. The predicted octanol–water partition coefficient (Wildman–Crippen LogP) is 2.00. The molecule has 86 valence electrons. The minimum atomic E-state index is 0.0150. The molecule has 3 heterocycles. The molecule has 0 spiro atoms. The number of H-pyrrole nitrogens is 1. The Bertz CT molecular complexity index is 533. The number of rotatable bonds is 1. The highest BCUT2D eigenvalue weighted by Crippen LogP contribution is 2.21. The van der Waals surface area contributed by atoms with Crippen LogP contribution in [0.15, 0.2) is 36.7 Å². The SMILES string of the molecule is O=C1c2[nH]ccc2CCCN1c1ccccn1. The number of hydrogen-bond acceptors (Lipinski definition) is 2. The van der Waals surface area contributed by atoms with Crippen molar-refractivity contribution in [1.82, 2.24) is 9.97 Å². The van der Waals surface area contributed by atoms with Crippen LogP contribution in [0, 0.1) is 0 Å². The van der Waals surface area contributed by atoms with E-state index in [9.17, 15) is 4.79 Å². The molecule has 3 rings (SSSR count). The molecule has 1 aliphatic heterocycles. The summed E-state index contributed by atoms with van der Waals surface area (Å²) in [5.74, 6) is 0.737. The predicted molar refractivity (Wildman–Crippen MR) is 65.0 cm³/mol. The van der Waals surface area contributed by atoms with Gasteiger partial charge in [0.1, 0.15) is 11.5 Å². The standard InChI is InChI=1S/C13H13N3O/c17-13-12-10(6-8-15-12)4-3-9-16(13)11-5-1-2-7-14-11/h1-2,5-8,15H,3-4,9H2. The summed E-state index contributed by atoms with van der Waals surface area (Å²) in [6, 6.07) is 7.60. The summed E-state index contributed by atoms with van der Waals surface area (Å²) in [4.78, 5) is 21.4. The monoisotopic (exact) mass is 227 g/mol. The van der Waals surface area contributed by atoms with E-state index in [0.717, 1.165) is 30.8 Å². The second-order valence-corrected chi connectivity index (χ2v) is 4.13. The van der Waals surface area contributed by atoms with Crippen LogP contribution in [0.5, 0.6) is 0 Å². The van der Waals surface area contributed by atoms with Gasteiger partial charge >= 0.3 is 0 Å². The molecule has 17 heavy (non-hydrogen) atoms. The van der Waals surface area contributed by atoms with Gasteiger partial charge in [0.25, 0.3) is 5.91 Å². The number of nitrogens with one attached hydrogen (secondary N) is 1. The number of fused-ring (bicyclic) bond motifs is 1. The van der Waals surface area contributed by atoms with Gasteiger partial charge in [-0.3, -0.25) is 9.69 Å². The lowest BCUT2D eigenvalue weighted by Crippen LogP contribution is -2.31. The molecule has 0 radical (unpaired) electrons. The summed E-state index contributed by atoms with van der Waals surface area (Å²) < 4.78 is 0. The number of anilines is 1. The number of carbonyl (C=O) groups excluding carboxylic acids is 1. The van der Waals surface area contributed by atoms with Crippen molar-refractivity contribution in [1.29, 1.82) is 0 Å². The maximum Gasteiger partial charge on any atom is 0.276 e. The zero-order valence-electron chi connectivity index (χ0n) is 9.39. The van der Waals surface area contributed by atoms with Crippen LogP contribution < -0.4 is 4.90 Å². The van der Waals surface area contributed by atoms with Crippen LogP contribution >= 0.6 is 0 Å². The zero-order valence-corrected chi connectivity index (χ0v) is 9.39. The van der Waals surface area contributed by atoms with E-state index in [2.05, 4.69) is 9.97 Å². The van der Waals surface area contributed by atoms with E-state index < -0.39 is 0 Å². The Morgan fingerprint density at radius 2 is 2.24 bits per heavy atom. The van der Waals surface area contributed by atoms with Gasteiger partial charge in [0, 0.05) is 18.9 Å². The van der Waals surface area contributed by atoms with Gasteiger partial charge < -0.3 is 4.98 Å². The first-order valence-corrected chi connectivity index (χ1v) is 5.75. The van der Waals surface area contributed by atoms with Gasteiger partial charge in [-0.2, -0.15) is 0 Å². The number of aryl methyl sites for hydroxylation is 1. The maximum atomic E-state index is 12.4. The lowest BCUT2D eigenvalue weighted by Gasteiger charge is -2.18. The first-order valence-electron chi connectivity index (χ1n) is 5.75. The third-order valence-electron chi connectivity index (χ3n) is 3.05.